The first-order valence-corrected chi connectivity index (χ1v) is 13.6. The predicted molar refractivity (Wildman–Crippen MR) is 137 cm³/mol. The summed E-state index contributed by atoms with van der Waals surface area (Å²) in [5.74, 6) is -0.846. The smallest absolute Gasteiger partial charge is 0.346 e. The van der Waals surface area contributed by atoms with Crippen molar-refractivity contribution >= 4 is 0 Å². The monoisotopic (exact) mass is 521 g/mol. The highest BCUT2D eigenvalue weighted by molar-refractivity contribution is 5.60. The van der Waals surface area contributed by atoms with E-state index >= 15 is 0 Å². The molecule has 202 valence electrons. The van der Waals surface area contributed by atoms with E-state index in [2.05, 4.69) is 18.0 Å². The normalized spacial score (nSPS) is 44.1. The van der Waals surface area contributed by atoms with Crippen LogP contribution in [0.3, 0.4) is 0 Å². The first-order chi connectivity index (χ1) is 17.9. The molecule has 8 heteroatoms. The Balaban J connectivity index is 1.38. The van der Waals surface area contributed by atoms with Crippen LogP contribution in [0, 0.1) is 22.2 Å². The molecule has 3 aliphatic carbocycles. The molecule has 0 aromatic carbocycles. The van der Waals surface area contributed by atoms with Crippen LogP contribution < -0.4 is 10.4 Å². The maximum Gasteiger partial charge on any atom is 0.346 e. The van der Waals surface area contributed by atoms with Crippen molar-refractivity contribution in [1.82, 2.24) is 4.98 Å². The highest BCUT2D eigenvalue weighted by Crippen LogP contribution is 2.76. The third-order valence-electron chi connectivity index (χ3n) is 11.7. The fraction of sp³-hybridized carbons (Fsp3) is 0.600. The molecular weight excluding hydrogens is 486 g/mol. The molecule has 7 atom stereocenters. The zero-order valence-electron chi connectivity index (χ0n) is 22.3. The average molecular weight is 522 g/mol. The van der Waals surface area contributed by atoms with Gasteiger partial charge in [-0.25, -0.2) is 4.79 Å². The van der Waals surface area contributed by atoms with Crippen LogP contribution in [0.25, 0.3) is 11.3 Å². The van der Waals surface area contributed by atoms with Crippen molar-refractivity contribution in [3.63, 3.8) is 0 Å². The van der Waals surface area contributed by atoms with Crippen molar-refractivity contribution in [3.8, 4) is 17.1 Å². The van der Waals surface area contributed by atoms with E-state index in [0.717, 1.165) is 5.57 Å². The van der Waals surface area contributed by atoms with Crippen molar-refractivity contribution in [2.24, 2.45) is 22.2 Å². The summed E-state index contributed by atoms with van der Waals surface area (Å²) in [5, 5.41) is 35.8. The molecule has 0 unspecified atom stereocenters. The number of pyridine rings is 1. The van der Waals surface area contributed by atoms with Crippen LogP contribution in [-0.2, 0) is 4.74 Å². The highest BCUT2D eigenvalue weighted by atomic mass is 16.6. The molecule has 6 aliphatic rings. The number of hydrogen-bond acceptors (Lipinski definition) is 8. The van der Waals surface area contributed by atoms with Gasteiger partial charge in [-0.15, -0.1) is 0 Å². The summed E-state index contributed by atoms with van der Waals surface area (Å²) >= 11 is 0. The van der Waals surface area contributed by atoms with Crippen LogP contribution in [0.1, 0.15) is 71.5 Å². The van der Waals surface area contributed by atoms with Gasteiger partial charge in [-0.3, -0.25) is 4.98 Å². The fourth-order valence-corrected chi connectivity index (χ4v) is 9.35. The van der Waals surface area contributed by atoms with Gasteiger partial charge in [0.2, 0.25) is 0 Å². The lowest BCUT2D eigenvalue weighted by Crippen LogP contribution is -2.82. The SMILES string of the molecule is CC1=CC[C@@H]2[C@]34CC[C@](O)(OC3)C(C)(C)[C@]4(O)CC[C@@]2(C)[C@@]12Oc1cc(-c3cccnc3)oc(=O)c1[C@@H]2O. The van der Waals surface area contributed by atoms with E-state index in [4.69, 9.17) is 13.9 Å². The first kappa shape index (κ1) is 24.5. The minimum atomic E-state index is -1.38. The summed E-state index contributed by atoms with van der Waals surface area (Å²) in [5.41, 5.74) is -3.49. The van der Waals surface area contributed by atoms with Crippen LogP contribution in [0.5, 0.6) is 5.75 Å². The van der Waals surface area contributed by atoms with Gasteiger partial charge in [0.1, 0.15) is 23.2 Å². The van der Waals surface area contributed by atoms with Crippen molar-refractivity contribution in [1.29, 1.82) is 0 Å². The van der Waals surface area contributed by atoms with E-state index in [1.54, 1.807) is 30.6 Å². The molecule has 5 heterocycles. The van der Waals surface area contributed by atoms with Gasteiger partial charge in [0.25, 0.3) is 0 Å². The molecule has 2 spiro atoms. The van der Waals surface area contributed by atoms with Crippen LogP contribution in [-0.4, -0.2) is 43.9 Å². The Morgan fingerprint density at radius 2 is 1.89 bits per heavy atom. The Hall–Kier alpha value is -2.52. The van der Waals surface area contributed by atoms with Gasteiger partial charge in [-0.05, 0) is 56.2 Å². The number of hydrogen-bond donors (Lipinski definition) is 3. The summed E-state index contributed by atoms with van der Waals surface area (Å²) in [6.45, 7) is 8.14. The lowest BCUT2D eigenvalue weighted by molar-refractivity contribution is -0.440. The largest absolute Gasteiger partial charge is 0.478 e. The van der Waals surface area contributed by atoms with Gasteiger partial charge in [-0.2, -0.15) is 0 Å². The maximum atomic E-state index is 13.3. The molecular formula is C30H35NO7. The van der Waals surface area contributed by atoms with Gasteiger partial charge >= 0.3 is 5.63 Å². The lowest BCUT2D eigenvalue weighted by Gasteiger charge is -2.75. The second-order valence-electron chi connectivity index (χ2n) is 13.0. The van der Waals surface area contributed by atoms with Gasteiger partial charge < -0.3 is 29.2 Å². The molecule has 2 aromatic heterocycles. The predicted octanol–water partition coefficient (Wildman–Crippen LogP) is 3.89. The fourth-order valence-electron chi connectivity index (χ4n) is 9.35. The molecule has 0 radical (unpaired) electrons. The maximum absolute atomic E-state index is 13.3. The molecule has 38 heavy (non-hydrogen) atoms. The third-order valence-corrected chi connectivity index (χ3v) is 11.7. The van der Waals surface area contributed by atoms with Crippen molar-refractivity contribution in [2.75, 3.05) is 6.61 Å². The number of aliphatic hydroxyl groups is 3. The number of fused-ring (bicyclic) bond motifs is 5. The zero-order valence-corrected chi connectivity index (χ0v) is 22.3. The number of rotatable bonds is 1. The van der Waals surface area contributed by atoms with Gasteiger partial charge in [0, 0.05) is 46.7 Å². The summed E-state index contributed by atoms with van der Waals surface area (Å²) in [6, 6.07) is 5.25. The molecule has 2 aromatic rings. The number of nitrogens with zero attached hydrogens (tertiary/aromatic N) is 1. The molecule has 0 amide bonds. The average Bonchev–Trinajstić information content (AvgIpc) is 3.20. The number of ether oxygens (including phenoxy) is 2. The summed E-state index contributed by atoms with van der Waals surface area (Å²) in [7, 11) is 0. The van der Waals surface area contributed by atoms with Crippen molar-refractivity contribution in [3.05, 3.63) is 58.2 Å². The standard InChI is InChI=1S/C30H35NO7/c1-17-7-8-21-26(4,9-11-28(34)25(2,3)29(35)12-10-27(21,28)16-36-29)30(17)23(32)22-20(38-30)14-19(37-24(22)33)18-6-5-13-31-15-18/h5-7,13-15,21,23,32,34-35H,8-12,16H2,1-4H3/t21-,23-,26+,27-,28+,29-,30+/m0/s1. The Bertz CT molecular complexity index is 1420. The van der Waals surface area contributed by atoms with E-state index in [-0.39, 0.29) is 18.1 Å². The van der Waals surface area contributed by atoms with E-state index in [1.807, 2.05) is 20.8 Å². The molecule has 3 N–H and O–H groups in total. The molecule has 2 bridgehead atoms. The summed E-state index contributed by atoms with van der Waals surface area (Å²) < 4.78 is 18.6. The van der Waals surface area contributed by atoms with E-state index in [9.17, 15) is 20.1 Å². The van der Waals surface area contributed by atoms with Crippen LogP contribution in [0.15, 0.2) is 51.5 Å². The van der Waals surface area contributed by atoms with Crippen LogP contribution in [0.4, 0.5) is 0 Å². The van der Waals surface area contributed by atoms with Crippen LogP contribution in [0.2, 0.25) is 0 Å². The number of allylic oxidation sites excluding steroid dienone is 1. The molecule has 2 saturated carbocycles. The lowest BCUT2D eigenvalue weighted by atomic mass is 9.34. The minimum absolute atomic E-state index is 0.115. The highest BCUT2D eigenvalue weighted by Gasteiger charge is 2.81. The molecule has 8 rings (SSSR count). The Morgan fingerprint density at radius 3 is 2.58 bits per heavy atom. The second-order valence-corrected chi connectivity index (χ2v) is 13.0. The molecule has 2 saturated heterocycles. The molecule has 8 nitrogen and oxygen atoms in total. The van der Waals surface area contributed by atoms with E-state index in [0.29, 0.717) is 49.2 Å². The number of aromatic nitrogens is 1. The minimum Gasteiger partial charge on any atom is -0.478 e. The summed E-state index contributed by atoms with van der Waals surface area (Å²) in [6.07, 6.45) is 6.83. The van der Waals surface area contributed by atoms with Crippen LogP contribution >= 0.6 is 0 Å². The van der Waals surface area contributed by atoms with E-state index < -0.39 is 45.0 Å². The van der Waals surface area contributed by atoms with Gasteiger partial charge in [-0.1, -0.05) is 26.8 Å². The first-order valence-electron chi connectivity index (χ1n) is 13.6. The van der Waals surface area contributed by atoms with Crippen molar-refractivity contribution in [2.45, 2.75) is 82.9 Å². The third kappa shape index (κ3) is 2.43. The Morgan fingerprint density at radius 1 is 1.11 bits per heavy atom. The van der Waals surface area contributed by atoms with Crippen molar-refractivity contribution < 1.29 is 29.2 Å². The topological polar surface area (TPSA) is 122 Å². The number of aliphatic hydroxyl groups excluding tert-OH is 1. The Kier molecular flexibility index (Phi) is 4.62. The molecule has 4 fully saturated rings. The van der Waals surface area contributed by atoms with Gasteiger partial charge in [0.05, 0.1) is 12.2 Å². The van der Waals surface area contributed by atoms with Gasteiger partial charge in [0.15, 0.2) is 11.4 Å². The molecule has 3 aliphatic heterocycles. The second kappa shape index (κ2) is 7.16. The summed E-state index contributed by atoms with van der Waals surface area (Å²) in [4.78, 5) is 17.4. The Labute approximate surface area is 221 Å². The zero-order chi connectivity index (χ0) is 26.9. The quantitative estimate of drug-likeness (QED) is 0.483. The van der Waals surface area contributed by atoms with E-state index in [1.165, 1.54) is 0 Å².